The van der Waals surface area contributed by atoms with Crippen molar-refractivity contribution in [2.75, 3.05) is 13.1 Å². The van der Waals surface area contributed by atoms with E-state index in [1.54, 1.807) is 0 Å². The Hall–Kier alpha value is -0.960. The molecule has 1 nitrogen and oxygen atoms in total. The summed E-state index contributed by atoms with van der Waals surface area (Å²) in [6, 6.07) is 3.33. The molecule has 0 spiro atoms. The summed E-state index contributed by atoms with van der Waals surface area (Å²) in [5.41, 5.74) is 1.04. The molecule has 1 saturated heterocycles. The predicted molar refractivity (Wildman–Crippen MR) is 85.8 cm³/mol. The molecule has 21 heavy (non-hydrogen) atoms. The topological polar surface area (TPSA) is 3.24 Å². The van der Waals surface area contributed by atoms with Crippen molar-refractivity contribution in [1.82, 2.24) is 4.90 Å². The highest BCUT2D eigenvalue weighted by Gasteiger charge is 2.24. The monoisotopic (exact) mass is 297 g/mol. The number of hydrogen-bond acceptors (Lipinski definition) is 1. The number of hydrogen-bond donors (Lipinski definition) is 0. The molecule has 0 saturated carbocycles. The highest BCUT2D eigenvalue weighted by molar-refractivity contribution is 5.29. The van der Waals surface area contributed by atoms with E-state index in [-0.39, 0.29) is 17.6 Å². The van der Waals surface area contributed by atoms with Gasteiger partial charge in [0.1, 0.15) is 11.6 Å². The molecular formula is C18H29F2N. The van der Waals surface area contributed by atoms with Crippen LogP contribution in [0.1, 0.15) is 64.5 Å². The van der Waals surface area contributed by atoms with Gasteiger partial charge in [-0.25, -0.2) is 8.78 Å². The Morgan fingerprint density at radius 2 is 1.67 bits per heavy atom. The van der Waals surface area contributed by atoms with Crippen LogP contribution in [0.2, 0.25) is 0 Å². The third-order valence-electron chi connectivity index (χ3n) is 4.25. The van der Waals surface area contributed by atoms with Gasteiger partial charge in [0.2, 0.25) is 0 Å². The van der Waals surface area contributed by atoms with Crippen LogP contribution in [0.5, 0.6) is 0 Å². The average Bonchev–Trinajstić information content (AvgIpc) is 2.51. The molecule has 1 fully saturated rings. The Morgan fingerprint density at radius 3 is 2.14 bits per heavy atom. The maximum Gasteiger partial charge on any atom is 0.127 e. The van der Waals surface area contributed by atoms with Gasteiger partial charge in [0.15, 0.2) is 0 Å². The maximum absolute atomic E-state index is 14.1. The normalized spacial score (nSPS) is 16.8. The van der Waals surface area contributed by atoms with E-state index in [9.17, 15) is 8.78 Å². The first-order valence-electron chi connectivity index (χ1n) is 8.24. The molecule has 0 unspecified atom stereocenters. The van der Waals surface area contributed by atoms with Crippen LogP contribution in [0.3, 0.4) is 0 Å². The standard InChI is InChI=1S/C16H23F2N.C2H6/c1-4-12-9-16(18)14(10-15(12)17)13-5-7-19(8-6-13)11(2)3;1-2/h9-11,13H,4-8H2,1-3H3;1-2H3. The lowest BCUT2D eigenvalue weighted by Crippen LogP contribution is -2.38. The SMILES string of the molecule is CC.CCc1cc(F)c(C2CCN(C(C)C)CC2)cc1F. The first-order chi connectivity index (χ1) is 10.0. The van der Waals surface area contributed by atoms with Gasteiger partial charge in [-0.3, -0.25) is 0 Å². The van der Waals surface area contributed by atoms with Crippen LogP contribution in [0.4, 0.5) is 8.78 Å². The summed E-state index contributed by atoms with van der Waals surface area (Å²) in [4.78, 5) is 2.39. The minimum Gasteiger partial charge on any atom is -0.301 e. The highest BCUT2D eigenvalue weighted by atomic mass is 19.1. The summed E-state index contributed by atoms with van der Waals surface area (Å²) >= 11 is 0. The third kappa shape index (κ3) is 4.50. The summed E-state index contributed by atoms with van der Waals surface area (Å²) in [5, 5.41) is 0. The summed E-state index contributed by atoms with van der Waals surface area (Å²) < 4.78 is 27.9. The molecule has 1 aliphatic rings. The van der Waals surface area contributed by atoms with E-state index in [0.29, 0.717) is 23.6 Å². The molecule has 0 bridgehead atoms. The van der Waals surface area contributed by atoms with Gasteiger partial charge in [0.05, 0.1) is 0 Å². The zero-order chi connectivity index (χ0) is 16.0. The number of rotatable bonds is 3. The number of aryl methyl sites for hydroxylation is 1. The van der Waals surface area contributed by atoms with Crippen molar-refractivity contribution in [1.29, 1.82) is 0 Å². The Bertz CT molecular complexity index is 435. The summed E-state index contributed by atoms with van der Waals surface area (Å²) in [7, 11) is 0. The molecule has 0 atom stereocenters. The lowest BCUT2D eigenvalue weighted by molar-refractivity contribution is 0.170. The molecule has 3 heteroatoms. The molecule has 0 aliphatic carbocycles. The van der Waals surface area contributed by atoms with E-state index in [1.165, 1.54) is 12.1 Å². The number of piperidine rings is 1. The van der Waals surface area contributed by atoms with Crippen LogP contribution < -0.4 is 0 Å². The van der Waals surface area contributed by atoms with Crippen molar-refractivity contribution in [2.24, 2.45) is 0 Å². The Morgan fingerprint density at radius 1 is 1.10 bits per heavy atom. The molecule has 120 valence electrons. The number of benzene rings is 1. The predicted octanol–water partition coefficient (Wildman–Crippen LogP) is 5.14. The molecule has 0 radical (unpaired) electrons. The largest absolute Gasteiger partial charge is 0.301 e. The zero-order valence-electron chi connectivity index (χ0n) is 14.0. The van der Waals surface area contributed by atoms with E-state index in [4.69, 9.17) is 0 Å². The second-order valence-corrected chi connectivity index (χ2v) is 5.72. The van der Waals surface area contributed by atoms with Gasteiger partial charge < -0.3 is 4.90 Å². The maximum atomic E-state index is 14.1. The second-order valence-electron chi connectivity index (χ2n) is 5.72. The fraction of sp³-hybridized carbons (Fsp3) is 0.667. The second kappa shape index (κ2) is 8.47. The molecular weight excluding hydrogens is 268 g/mol. The molecule has 1 aromatic rings. The van der Waals surface area contributed by atoms with E-state index in [2.05, 4.69) is 18.7 Å². The number of halogens is 2. The minimum atomic E-state index is -0.259. The lowest BCUT2D eigenvalue weighted by atomic mass is 9.88. The first-order valence-corrected chi connectivity index (χ1v) is 8.24. The van der Waals surface area contributed by atoms with Crippen molar-refractivity contribution < 1.29 is 8.78 Å². The van der Waals surface area contributed by atoms with Crippen LogP contribution in [0.15, 0.2) is 12.1 Å². The molecule has 1 heterocycles. The minimum absolute atomic E-state index is 0.162. The smallest absolute Gasteiger partial charge is 0.127 e. The van der Waals surface area contributed by atoms with E-state index < -0.39 is 0 Å². The van der Waals surface area contributed by atoms with Gasteiger partial charge in [-0.15, -0.1) is 0 Å². The van der Waals surface area contributed by atoms with Gasteiger partial charge in [-0.05, 0) is 75.4 Å². The molecule has 0 N–H and O–H groups in total. The average molecular weight is 297 g/mol. The van der Waals surface area contributed by atoms with Gasteiger partial charge >= 0.3 is 0 Å². The quantitative estimate of drug-likeness (QED) is 0.746. The van der Waals surface area contributed by atoms with Gasteiger partial charge in [-0.1, -0.05) is 20.8 Å². The van der Waals surface area contributed by atoms with E-state index in [0.717, 1.165) is 25.9 Å². The van der Waals surface area contributed by atoms with Crippen LogP contribution >= 0.6 is 0 Å². The van der Waals surface area contributed by atoms with Crippen molar-refractivity contribution in [3.05, 3.63) is 34.9 Å². The molecule has 0 aromatic heterocycles. The van der Waals surface area contributed by atoms with Crippen molar-refractivity contribution in [3.8, 4) is 0 Å². The van der Waals surface area contributed by atoms with Gasteiger partial charge in [-0.2, -0.15) is 0 Å². The van der Waals surface area contributed by atoms with E-state index in [1.807, 2.05) is 20.8 Å². The Labute approximate surface area is 128 Å². The fourth-order valence-corrected chi connectivity index (χ4v) is 2.91. The van der Waals surface area contributed by atoms with Crippen LogP contribution in [-0.4, -0.2) is 24.0 Å². The summed E-state index contributed by atoms with van der Waals surface area (Å²) in [5.74, 6) is -0.332. The van der Waals surface area contributed by atoms with Gasteiger partial charge in [0, 0.05) is 6.04 Å². The first kappa shape index (κ1) is 18.1. The lowest BCUT2D eigenvalue weighted by Gasteiger charge is -2.35. The summed E-state index contributed by atoms with van der Waals surface area (Å²) in [6.07, 6.45) is 2.37. The van der Waals surface area contributed by atoms with Gasteiger partial charge in [0.25, 0.3) is 0 Å². The van der Waals surface area contributed by atoms with Crippen molar-refractivity contribution in [2.45, 2.75) is 65.8 Å². The van der Waals surface area contributed by atoms with Crippen molar-refractivity contribution in [3.63, 3.8) is 0 Å². The van der Waals surface area contributed by atoms with E-state index >= 15 is 0 Å². The van der Waals surface area contributed by atoms with Crippen LogP contribution in [0, 0.1) is 11.6 Å². The molecule has 2 rings (SSSR count). The third-order valence-corrected chi connectivity index (χ3v) is 4.25. The van der Waals surface area contributed by atoms with Crippen LogP contribution in [-0.2, 0) is 6.42 Å². The zero-order valence-corrected chi connectivity index (χ0v) is 14.0. The molecule has 1 aromatic carbocycles. The fourth-order valence-electron chi connectivity index (χ4n) is 2.91. The summed E-state index contributed by atoms with van der Waals surface area (Å²) in [6.45, 7) is 12.1. The number of nitrogens with zero attached hydrogens (tertiary/aromatic N) is 1. The highest BCUT2D eigenvalue weighted by Crippen LogP contribution is 2.31. The Kier molecular flexibility index (Phi) is 7.30. The number of likely N-dealkylation sites (tertiary alicyclic amines) is 1. The molecule has 0 amide bonds. The Balaban J connectivity index is 0.00000106. The molecule has 1 aliphatic heterocycles. The van der Waals surface area contributed by atoms with Crippen molar-refractivity contribution >= 4 is 0 Å². The van der Waals surface area contributed by atoms with Crippen LogP contribution in [0.25, 0.3) is 0 Å².